The fourth-order valence-electron chi connectivity index (χ4n) is 2.81. The van der Waals surface area contributed by atoms with Crippen molar-refractivity contribution in [2.75, 3.05) is 0 Å². The van der Waals surface area contributed by atoms with Crippen molar-refractivity contribution >= 4 is 29.6 Å². The van der Waals surface area contributed by atoms with Gasteiger partial charge in [-0.25, -0.2) is 4.79 Å². The molecule has 184 valence electrons. The summed E-state index contributed by atoms with van der Waals surface area (Å²) in [4.78, 5) is 60.4. The van der Waals surface area contributed by atoms with Gasteiger partial charge in [0.15, 0.2) is 0 Å². The molecule has 0 aliphatic rings. The summed E-state index contributed by atoms with van der Waals surface area (Å²) in [6, 6.07) is -4.94. The summed E-state index contributed by atoms with van der Waals surface area (Å²) in [5.74, 6) is -4.91. The van der Waals surface area contributed by atoms with Crippen LogP contribution in [-0.4, -0.2) is 70.1 Å². The molecule has 0 bridgehead atoms. The van der Waals surface area contributed by atoms with Gasteiger partial charge in [0.2, 0.25) is 23.6 Å². The predicted molar refractivity (Wildman–Crippen MR) is 116 cm³/mol. The summed E-state index contributed by atoms with van der Waals surface area (Å²) in [5, 5.41) is 26.0. The molecule has 0 aromatic heterocycles. The minimum atomic E-state index is -1.54. The van der Waals surface area contributed by atoms with E-state index in [1.165, 1.54) is 6.92 Å². The number of aliphatic hydroxyl groups excluding tert-OH is 1. The van der Waals surface area contributed by atoms with E-state index in [2.05, 4.69) is 16.0 Å². The molecule has 0 rings (SSSR count). The van der Waals surface area contributed by atoms with Gasteiger partial charge < -0.3 is 37.6 Å². The molecule has 0 aromatic carbocycles. The molecule has 0 radical (unpaired) electrons. The molecular weight excluding hydrogens is 422 g/mol. The Balaban J connectivity index is 5.59. The van der Waals surface area contributed by atoms with E-state index < -0.39 is 66.3 Å². The Morgan fingerprint density at radius 3 is 1.81 bits per heavy atom. The van der Waals surface area contributed by atoms with Crippen LogP contribution in [0.25, 0.3) is 0 Å². The molecule has 0 aliphatic carbocycles. The first-order valence-electron chi connectivity index (χ1n) is 10.6. The molecule has 0 fully saturated rings. The summed E-state index contributed by atoms with van der Waals surface area (Å²) in [5.41, 5.74) is 10.7. The van der Waals surface area contributed by atoms with Crippen LogP contribution in [0.1, 0.15) is 53.9 Å². The highest BCUT2D eigenvalue weighted by Gasteiger charge is 2.33. The van der Waals surface area contributed by atoms with Crippen LogP contribution in [0.15, 0.2) is 0 Å². The van der Waals surface area contributed by atoms with Gasteiger partial charge in [-0.3, -0.25) is 19.2 Å². The molecule has 0 spiro atoms. The summed E-state index contributed by atoms with van der Waals surface area (Å²) in [7, 11) is 0. The third-order valence-electron chi connectivity index (χ3n) is 4.98. The zero-order valence-electron chi connectivity index (χ0n) is 19.3. The summed E-state index contributed by atoms with van der Waals surface area (Å²) in [6.45, 7) is 8.49. The molecule has 9 N–H and O–H groups in total. The average molecular weight is 460 g/mol. The number of rotatable bonds is 14. The molecule has 0 aliphatic heterocycles. The Labute approximate surface area is 187 Å². The normalized spacial score (nSPS) is 16.8. The van der Waals surface area contributed by atoms with Crippen LogP contribution in [0, 0.1) is 11.8 Å². The Bertz CT molecular complexity index is 683. The summed E-state index contributed by atoms with van der Waals surface area (Å²) < 4.78 is 0. The number of carbonyl (C=O) groups is 5. The lowest BCUT2D eigenvalue weighted by atomic mass is 9.96. The van der Waals surface area contributed by atoms with Gasteiger partial charge in [0, 0.05) is 0 Å². The van der Waals surface area contributed by atoms with Crippen molar-refractivity contribution in [3.8, 4) is 0 Å². The number of hydrogen-bond donors (Lipinski definition) is 7. The number of aliphatic carboxylic acids is 1. The highest BCUT2D eigenvalue weighted by molar-refractivity contribution is 5.95. The van der Waals surface area contributed by atoms with Gasteiger partial charge in [-0.1, -0.05) is 34.1 Å². The van der Waals surface area contributed by atoms with Crippen molar-refractivity contribution in [3.63, 3.8) is 0 Å². The lowest BCUT2D eigenvalue weighted by Gasteiger charge is -2.28. The minimum Gasteiger partial charge on any atom is -0.480 e. The van der Waals surface area contributed by atoms with Gasteiger partial charge in [-0.2, -0.15) is 0 Å². The van der Waals surface area contributed by atoms with Crippen LogP contribution >= 0.6 is 0 Å². The van der Waals surface area contributed by atoms with Gasteiger partial charge in [-0.05, 0) is 25.2 Å². The van der Waals surface area contributed by atoms with Gasteiger partial charge in [0.25, 0.3) is 0 Å². The maximum absolute atomic E-state index is 13.0. The molecule has 6 unspecified atom stereocenters. The van der Waals surface area contributed by atoms with Crippen LogP contribution in [0.3, 0.4) is 0 Å². The van der Waals surface area contributed by atoms with Crippen molar-refractivity contribution in [2.45, 2.75) is 84.2 Å². The van der Waals surface area contributed by atoms with E-state index in [4.69, 9.17) is 11.5 Å². The van der Waals surface area contributed by atoms with Crippen molar-refractivity contribution in [2.24, 2.45) is 23.3 Å². The second-order valence-electron chi connectivity index (χ2n) is 8.40. The van der Waals surface area contributed by atoms with Crippen LogP contribution in [-0.2, 0) is 24.0 Å². The molecular formula is C20H37N5O7. The Kier molecular flexibility index (Phi) is 12.5. The third kappa shape index (κ3) is 10.1. The number of primary amides is 1. The molecule has 0 heterocycles. The minimum absolute atomic E-state index is 0.0502. The van der Waals surface area contributed by atoms with Gasteiger partial charge in [0.1, 0.15) is 24.2 Å². The van der Waals surface area contributed by atoms with E-state index in [0.29, 0.717) is 6.42 Å². The fourth-order valence-corrected chi connectivity index (χ4v) is 2.81. The highest BCUT2D eigenvalue weighted by atomic mass is 16.4. The number of nitrogens with one attached hydrogen (secondary N) is 3. The van der Waals surface area contributed by atoms with Crippen molar-refractivity contribution in [1.29, 1.82) is 0 Å². The molecule has 0 aromatic rings. The first-order chi connectivity index (χ1) is 14.7. The smallest absolute Gasteiger partial charge is 0.326 e. The lowest BCUT2D eigenvalue weighted by Crippen LogP contribution is -2.59. The Morgan fingerprint density at radius 2 is 1.41 bits per heavy atom. The Morgan fingerprint density at radius 1 is 0.875 bits per heavy atom. The van der Waals surface area contributed by atoms with E-state index in [-0.39, 0.29) is 18.3 Å². The molecule has 6 atom stereocenters. The van der Waals surface area contributed by atoms with Crippen molar-refractivity contribution < 1.29 is 34.2 Å². The molecule has 0 saturated carbocycles. The van der Waals surface area contributed by atoms with Gasteiger partial charge in [0.05, 0.1) is 12.5 Å². The predicted octanol–water partition coefficient (Wildman–Crippen LogP) is -1.80. The van der Waals surface area contributed by atoms with Crippen LogP contribution in [0.4, 0.5) is 0 Å². The first-order valence-corrected chi connectivity index (χ1v) is 10.6. The number of amides is 4. The fraction of sp³-hybridized carbons (Fsp3) is 0.750. The topological polar surface area (TPSA) is 214 Å². The average Bonchev–Trinajstić information content (AvgIpc) is 2.68. The largest absolute Gasteiger partial charge is 0.480 e. The maximum atomic E-state index is 13.0. The van der Waals surface area contributed by atoms with E-state index in [1.54, 1.807) is 20.8 Å². The highest BCUT2D eigenvalue weighted by Crippen LogP contribution is 2.11. The van der Waals surface area contributed by atoms with Crippen molar-refractivity contribution in [3.05, 3.63) is 0 Å². The quantitative estimate of drug-likeness (QED) is 0.157. The second-order valence-corrected chi connectivity index (χ2v) is 8.40. The number of aliphatic hydroxyl groups is 1. The third-order valence-corrected chi connectivity index (χ3v) is 4.98. The lowest BCUT2D eigenvalue weighted by molar-refractivity contribution is -0.144. The van der Waals surface area contributed by atoms with E-state index in [9.17, 15) is 34.2 Å². The SMILES string of the molecule is CCC(C)C(NC(=O)C(N)C(C)O)C(=O)NC(CC(C)C)C(=O)NC(CC(N)=O)C(=O)O. The number of hydrogen-bond acceptors (Lipinski definition) is 7. The van der Waals surface area contributed by atoms with Crippen LogP contribution in [0.5, 0.6) is 0 Å². The zero-order chi connectivity index (χ0) is 25.2. The van der Waals surface area contributed by atoms with Crippen LogP contribution in [0.2, 0.25) is 0 Å². The molecule has 32 heavy (non-hydrogen) atoms. The number of carboxylic acid groups (broad SMARTS) is 1. The zero-order valence-corrected chi connectivity index (χ0v) is 19.3. The molecule has 0 saturated heterocycles. The second kappa shape index (κ2) is 13.6. The number of nitrogens with two attached hydrogens (primary N) is 2. The number of carbonyl (C=O) groups excluding carboxylic acids is 4. The van der Waals surface area contributed by atoms with Gasteiger partial charge in [-0.15, -0.1) is 0 Å². The molecule has 12 heteroatoms. The van der Waals surface area contributed by atoms with Crippen LogP contribution < -0.4 is 27.4 Å². The molecule has 12 nitrogen and oxygen atoms in total. The van der Waals surface area contributed by atoms with E-state index in [0.717, 1.165) is 0 Å². The Hall–Kier alpha value is -2.73. The number of carboxylic acids is 1. The first kappa shape index (κ1) is 29.3. The monoisotopic (exact) mass is 459 g/mol. The summed E-state index contributed by atoms with van der Waals surface area (Å²) in [6.07, 6.45) is -1.04. The van der Waals surface area contributed by atoms with Gasteiger partial charge >= 0.3 is 5.97 Å². The van der Waals surface area contributed by atoms with E-state index >= 15 is 0 Å². The molecule has 4 amide bonds. The maximum Gasteiger partial charge on any atom is 0.326 e. The standard InChI is InChI=1S/C20H37N5O7/c1-6-10(4)16(25-18(29)15(22)11(5)26)19(30)23-12(7-9(2)3)17(28)24-13(20(31)32)8-14(21)27/h9-13,15-16,26H,6-8,22H2,1-5H3,(H2,21,27)(H,23,30)(H,24,28)(H,25,29)(H,31,32). The van der Waals surface area contributed by atoms with E-state index in [1.807, 2.05) is 6.92 Å². The summed E-state index contributed by atoms with van der Waals surface area (Å²) >= 11 is 0. The van der Waals surface area contributed by atoms with Crippen molar-refractivity contribution in [1.82, 2.24) is 16.0 Å².